The molecule has 0 unspecified atom stereocenters. The van der Waals surface area contributed by atoms with Gasteiger partial charge in [0.05, 0.1) is 0 Å². The second-order valence-corrected chi connectivity index (χ2v) is 7.43. The van der Waals surface area contributed by atoms with Crippen molar-refractivity contribution >= 4 is 29.1 Å². The van der Waals surface area contributed by atoms with E-state index in [2.05, 4.69) is 15.5 Å². The quantitative estimate of drug-likeness (QED) is 0.850. The summed E-state index contributed by atoms with van der Waals surface area (Å²) in [5.41, 5.74) is 1.47. The number of nitrogens with one attached hydrogen (secondary N) is 2. The van der Waals surface area contributed by atoms with Crippen molar-refractivity contribution in [3.63, 3.8) is 0 Å². The second kappa shape index (κ2) is 8.52. The van der Waals surface area contributed by atoms with Crippen LogP contribution in [0.15, 0.2) is 18.2 Å². The van der Waals surface area contributed by atoms with Gasteiger partial charge in [0.1, 0.15) is 0 Å². The van der Waals surface area contributed by atoms with Crippen molar-refractivity contribution in [1.82, 2.24) is 9.80 Å². The fourth-order valence-electron chi connectivity index (χ4n) is 4.04. The maximum atomic E-state index is 13.0. The van der Waals surface area contributed by atoms with Gasteiger partial charge in [-0.1, -0.05) is 12.8 Å². The molecule has 0 aromatic heterocycles. The maximum absolute atomic E-state index is 13.0. The molecule has 0 spiro atoms. The van der Waals surface area contributed by atoms with Gasteiger partial charge in [0, 0.05) is 63.0 Å². The number of anilines is 2. The van der Waals surface area contributed by atoms with Gasteiger partial charge in [-0.15, -0.1) is 0 Å². The van der Waals surface area contributed by atoms with Crippen LogP contribution in [0.3, 0.4) is 0 Å². The van der Waals surface area contributed by atoms with E-state index >= 15 is 0 Å². The third-order valence-electron chi connectivity index (χ3n) is 5.26. The number of carbonyl (C=O) groups is 3. The van der Waals surface area contributed by atoms with Crippen molar-refractivity contribution in [2.75, 3.05) is 36.8 Å². The van der Waals surface area contributed by atoms with Crippen LogP contribution in [0, 0.1) is 0 Å². The van der Waals surface area contributed by atoms with Crippen LogP contribution >= 0.6 is 0 Å². The number of carbonyl (C=O) groups excluding carboxylic acids is 3. The molecule has 1 saturated heterocycles. The Bertz CT molecular complexity index is 686. The number of rotatable bonds is 4. The Morgan fingerprint density at radius 3 is 1.85 bits per heavy atom. The predicted molar refractivity (Wildman–Crippen MR) is 105 cm³/mol. The number of hydrogen-bond acceptors (Lipinski definition) is 4. The average Bonchev–Trinajstić information content (AvgIpc) is 3.14. The van der Waals surface area contributed by atoms with E-state index in [-0.39, 0.29) is 17.7 Å². The van der Waals surface area contributed by atoms with Gasteiger partial charge < -0.3 is 15.5 Å². The monoisotopic (exact) mass is 372 g/mol. The number of amides is 3. The number of hydrogen-bond donors (Lipinski definition) is 2. The molecule has 146 valence electrons. The van der Waals surface area contributed by atoms with Crippen LogP contribution in [-0.4, -0.2) is 59.7 Å². The van der Waals surface area contributed by atoms with Gasteiger partial charge in [0.2, 0.25) is 11.8 Å². The summed E-state index contributed by atoms with van der Waals surface area (Å²) in [4.78, 5) is 40.1. The number of benzene rings is 1. The van der Waals surface area contributed by atoms with Crippen LogP contribution in [0.1, 0.15) is 49.9 Å². The molecule has 1 aromatic carbocycles. The van der Waals surface area contributed by atoms with Gasteiger partial charge in [-0.05, 0) is 31.0 Å². The first kappa shape index (κ1) is 19.4. The van der Waals surface area contributed by atoms with Crippen molar-refractivity contribution in [2.24, 2.45) is 0 Å². The molecular formula is C20H28N4O3. The molecule has 27 heavy (non-hydrogen) atoms. The van der Waals surface area contributed by atoms with Gasteiger partial charge in [-0.25, -0.2) is 0 Å². The van der Waals surface area contributed by atoms with E-state index in [0.717, 1.165) is 13.1 Å². The molecule has 2 fully saturated rings. The van der Waals surface area contributed by atoms with E-state index in [9.17, 15) is 14.4 Å². The fraction of sp³-hybridized carbons (Fsp3) is 0.550. The van der Waals surface area contributed by atoms with Crippen molar-refractivity contribution < 1.29 is 14.4 Å². The molecule has 1 saturated carbocycles. The molecule has 1 aromatic rings. The SMILES string of the molecule is CC(=O)Nc1cc(NC(C)=O)cc(C(=O)N2CCN(C3CCCC3)CC2)c1. The first-order valence-electron chi connectivity index (χ1n) is 9.66. The zero-order valence-corrected chi connectivity index (χ0v) is 16.1. The first-order valence-corrected chi connectivity index (χ1v) is 9.66. The minimum Gasteiger partial charge on any atom is -0.336 e. The highest BCUT2D eigenvalue weighted by molar-refractivity contribution is 6.00. The zero-order chi connectivity index (χ0) is 19.4. The molecule has 0 radical (unpaired) electrons. The van der Waals surface area contributed by atoms with Gasteiger partial charge >= 0.3 is 0 Å². The summed E-state index contributed by atoms with van der Waals surface area (Å²) in [6, 6.07) is 5.66. The third-order valence-corrected chi connectivity index (χ3v) is 5.26. The van der Waals surface area contributed by atoms with E-state index in [1.54, 1.807) is 18.2 Å². The number of piperazine rings is 1. The highest BCUT2D eigenvalue weighted by Gasteiger charge is 2.28. The largest absolute Gasteiger partial charge is 0.336 e. The molecule has 2 aliphatic rings. The smallest absolute Gasteiger partial charge is 0.254 e. The lowest BCUT2D eigenvalue weighted by molar-refractivity contribution is -0.115. The molecule has 1 aliphatic carbocycles. The van der Waals surface area contributed by atoms with E-state index in [1.807, 2.05) is 4.90 Å². The normalized spacial score (nSPS) is 18.4. The lowest BCUT2D eigenvalue weighted by Crippen LogP contribution is -2.51. The Kier molecular flexibility index (Phi) is 6.11. The molecule has 3 rings (SSSR count). The minimum absolute atomic E-state index is 0.0696. The summed E-state index contributed by atoms with van der Waals surface area (Å²) in [7, 11) is 0. The zero-order valence-electron chi connectivity index (χ0n) is 16.1. The third kappa shape index (κ3) is 5.07. The topological polar surface area (TPSA) is 81.8 Å². The summed E-state index contributed by atoms with van der Waals surface area (Å²) in [6.07, 6.45) is 5.16. The van der Waals surface area contributed by atoms with Crippen molar-refractivity contribution in [3.8, 4) is 0 Å². The first-order chi connectivity index (χ1) is 12.9. The molecule has 0 atom stereocenters. The van der Waals surface area contributed by atoms with Gasteiger partial charge in [0.25, 0.3) is 5.91 Å². The predicted octanol–water partition coefficient (Wildman–Crippen LogP) is 2.30. The second-order valence-electron chi connectivity index (χ2n) is 7.43. The van der Waals surface area contributed by atoms with Crippen molar-refractivity contribution in [2.45, 2.75) is 45.6 Å². The summed E-state index contributed by atoms with van der Waals surface area (Å²) in [6.45, 7) is 6.04. The summed E-state index contributed by atoms with van der Waals surface area (Å²) >= 11 is 0. The van der Waals surface area contributed by atoms with Crippen LogP contribution in [0.25, 0.3) is 0 Å². The Morgan fingerprint density at radius 2 is 1.37 bits per heavy atom. The van der Waals surface area contributed by atoms with Crippen LogP contribution < -0.4 is 10.6 Å². The number of nitrogens with zero attached hydrogens (tertiary/aromatic N) is 2. The molecule has 3 amide bonds. The molecular weight excluding hydrogens is 344 g/mol. The van der Waals surface area contributed by atoms with E-state index in [1.165, 1.54) is 39.5 Å². The fourth-order valence-corrected chi connectivity index (χ4v) is 4.04. The summed E-state index contributed by atoms with van der Waals surface area (Å²) in [5, 5.41) is 5.38. The van der Waals surface area contributed by atoms with E-state index in [4.69, 9.17) is 0 Å². The Morgan fingerprint density at radius 1 is 0.852 bits per heavy atom. The van der Waals surface area contributed by atoms with E-state index < -0.39 is 0 Å². The van der Waals surface area contributed by atoms with Gasteiger partial charge in [-0.3, -0.25) is 19.3 Å². The molecule has 2 N–H and O–H groups in total. The van der Waals surface area contributed by atoms with E-state index in [0.29, 0.717) is 36.1 Å². The standard InChI is InChI=1S/C20H28N4O3/c1-14(25)21-17-11-16(12-18(13-17)22-15(2)26)20(27)24-9-7-23(8-10-24)19-5-3-4-6-19/h11-13,19H,3-10H2,1-2H3,(H,21,25)(H,22,26). The van der Waals surface area contributed by atoms with Crippen LogP contribution in [0.5, 0.6) is 0 Å². The molecule has 1 aliphatic heterocycles. The highest BCUT2D eigenvalue weighted by Crippen LogP contribution is 2.25. The molecule has 1 heterocycles. The van der Waals surface area contributed by atoms with Gasteiger partial charge in [0.15, 0.2) is 0 Å². The van der Waals surface area contributed by atoms with Crippen molar-refractivity contribution in [1.29, 1.82) is 0 Å². The molecule has 0 bridgehead atoms. The highest BCUT2D eigenvalue weighted by atomic mass is 16.2. The average molecular weight is 372 g/mol. The molecule has 7 heteroatoms. The minimum atomic E-state index is -0.224. The Labute approximate surface area is 160 Å². The Balaban J connectivity index is 1.71. The summed E-state index contributed by atoms with van der Waals surface area (Å²) in [5.74, 6) is -0.517. The van der Waals surface area contributed by atoms with Gasteiger partial charge in [-0.2, -0.15) is 0 Å². The van der Waals surface area contributed by atoms with Crippen LogP contribution in [0.4, 0.5) is 11.4 Å². The maximum Gasteiger partial charge on any atom is 0.254 e. The Hall–Kier alpha value is -2.41. The van der Waals surface area contributed by atoms with Crippen LogP contribution in [0.2, 0.25) is 0 Å². The lowest BCUT2D eigenvalue weighted by atomic mass is 10.1. The molecule has 7 nitrogen and oxygen atoms in total. The van der Waals surface area contributed by atoms with Crippen molar-refractivity contribution in [3.05, 3.63) is 23.8 Å². The lowest BCUT2D eigenvalue weighted by Gasteiger charge is -2.38. The summed E-state index contributed by atoms with van der Waals surface area (Å²) < 4.78 is 0. The van der Waals surface area contributed by atoms with Crippen LogP contribution in [-0.2, 0) is 9.59 Å².